The van der Waals surface area contributed by atoms with Crippen LogP contribution < -0.4 is 16.4 Å². The molecular weight excluding hydrogens is 486 g/mol. The first-order valence-electron chi connectivity index (χ1n) is 11.8. The van der Waals surface area contributed by atoms with Gasteiger partial charge in [-0.1, -0.05) is 18.2 Å². The van der Waals surface area contributed by atoms with Gasteiger partial charge in [0.25, 0.3) is 0 Å². The zero-order valence-corrected chi connectivity index (χ0v) is 20.2. The van der Waals surface area contributed by atoms with Gasteiger partial charge in [0.05, 0.1) is 18.6 Å². The lowest BCUT2D eigenvalue weighted by Gasteiger charge is -2.30. The number of carbonyl (C=O) groups excluding carboxylic acids is 3. The number of hydrogen-bond acceptors (Lipinski definition) is 7. The Bertz CT molecular complexity index is 1180. The summed E-state index contributed by atoms with van der Waals surface area (Å²) in [7, 11) is 0. The maximum Gasteiger partial charge on any atom is 0.326 e. The number of hydrogen-bond donors (Lipinski definition) is 7. The second-order valence-electron chi connectivity index (χ2n) is 9.08. The van der Waals surface area contributed by atoms with E-state index in [0.717, 1.165) is 21.4 Å². The number of H-pyrrole nitrogens is 1. The van der Waals surface area contributed by atoms with Crippen molar-refractivity contribution in [2.45, 2.75) is 62.9 Å². The quantitative estimate of drug-likeness (QED) is 0.193. The molecule has 13 heteroatoms. The van der Waals surface area contributed by atoms with Gasteiger partial charge in [0, 0.05) is 23.6 Å². The predicted molar refractivity (Wildman–Crippen MR) is 130 cm³/mol. The first-order chi connectivity index (χ1) is 17.5. The van der Waals surface area contributed by atoms with Gasteiger partial charge in [0.1, 0.15) is 18.1 Å². The number of aromatic amines is 1. The molecule has 2 heterocycles. The molecular formula is C24H31N5O8. The molecule has 1 aliphatic rings. The number of likely N-dealkylation sites (tertiary alicyclic amines) is 1. The number of benzene rings is 1. The zero-order valence-electron chi connectivity index (χ0n) is 20.2. The highest BCUT2D eigenvalue weighted by Crippen LogP contribution is 2.20. The number of carbonyl (C=O) groups is 5. The number of carboxylic acids is 2. The Morgan fingerprint density at radius 2 is 1.84 bits per heavy atom. The highest BCUT2D eigenvalue weighted by atomic mass is 16.4. The van der Waals surface area contributed by atoms with Crippen molar-refractivity contribution in [1.82, 2.24) is 20.5 Å². The zero-order chi connectivity index (χ0) is 27.3. The number of aliphatic hydroxyl groups is 1. The van der Waals surface area contributed by atoms with Crippen molar-refractivity contribution in [3.63, 3.8) is 0 Å². The summed E-state index contributed by atoms with van der Waals surface area (Å²) in [6, 6.07) is 2.05. The van der Waals surface area contributed by atoms with E-state index in [1.807, 2.05) is 24.3 Å². The van der Waals surface area contributed by atoms with Gasteiger partial charge >= 0.3 is 11.9 Å². The van der Waals surface area contributed by atoms with Crippen molar-refractivity contribution in [1.29, 1.82) is 0 Å². The fraction of sp³-hybridized carbons (Fsp3) is 0.458. The lowest BCUT2D eigenvalue weighted by Crippen LogP contribution is -2.60. The van der Waals surface area contributed by atoms with Crippen molar-refractivity contribution in [2.75, 3.05) is 6.54 Å². The van der Waals surface area contributed by atoms with Gasteiger partial charge in [0.2, 0.25) is 17.7 Å². The van der Waals surface area contributed by atoms with Gasteiger partial charge in [0.15, 0.2) is 0 Å². The van der Waals surface area contributed by atoms with Gasteiger partial charge in [-0.3, -0.25) is 19.2 Å². The van der Waals surface area contributed by atoms with E-state index in [2.05, 4.69) is 15.6 Å². The molecule has 1 fully saturated rings. The molecule has 3 amide bonds. The standard InChI is InChI=1S/C24H31N5O8/c1-12(30)20(23(35)29-8-4-7-18(29)24(36)37)28-22(34)17(10-19(31)32)27-21(33)15(25)9-13-11-26-16-6-3-2-5-14(13)16/h2-3,5-6,11-12,15,17-18,20,26,30H,4,7-10,25H2,1H3,(H,27,33)(H,28,34)(H,31,32)(H,36,37). The number of aliphatic hydroxyl groups excluding tert-OH is 1. The van der Waals surface area contributed by atoms with E-state index in [4.69, 9.17) is 5.73 Å². The molecule has 13 nitrogen and oxygen atoms in total. The molecule has 0 saturated carbocycles. The molecule has 0 radical (unpaired) electrons. The van der Waals surface area contributed by atoms with Crippen molar-refractivity contribution < 1.29 is 39.3 Å². The van der Waals surface area contributed by atoms with Gasteiger partial charge in [-0.2, -0.15) is 0 Å². The summed E-state index contributed by atoms with van der Waals surface area (Å²) in [4.78, 5) is 65.7. The third-order valence-electron chi connectivity index (χ3n) is 6.33. The van der Waals surface area contributed by atoms with Crippen molar-refractivity contribution in [2.24, 2.45) is 5.73 Å². The minimum Gasteiger partial charge on any atom is -0.481 e. The summed E-state index contributed by atoms with van der Waals surface area (Å²) in [6.45, 7) is 1.36. The lowest BCUT2D eigenvalue weighted by atomic mass is 10.0. The number of aliphatic carboxylic acids is 2. The first kappa shape index (κ1) is 27.6. The summed E-state index contributed by atoms with van der Waals surface area (Å²) in [5, 5.41) is 34.2. The largest absolute Gasteiger partial charge is 0.481 e. The molecule has 0 bridgehead atoms. The van der Waals surface area contributed by atoms with Crippen molar-refractivity contribution in [3.05, 3.63) is 36.0 Å². The fourth-order valence-electron chi connectivity index (χ4n) is 4.40. The van der Waals surface area contributed by atoms with Crippen LogP contribution in [-0.2, 0) is 30.4 Å². The van der Waals surface area contributed by atoms with E-state index in [-0.39, 0.29) is 19.4 Å². The summed E-state index contributed by atoms with van der Waals surface area (Å²) in [6.07, 6.45) is 0.262. The van der Waals surface area contributed by atoms with E-state index >= 15 is 0 Å². The second kappa shape index (κ2) is 11.8. The molecule has 1 aliphatic heterocycles. The smallest absolute Gasteiger partial charge is 0.326 e. The molecule has 1 aromatic carbocycles. The number of nitrogens with two attached hydrogens (primary N) is 1. The second-order valence-corrected chi connectivity index (χ2v) is 9.08. The highest BCUT2D eigenvalue weighted by Gasteiger charge is 2.40. The average Bonchev–Trinajstić information content (AvgIpc) is 3.49. The molecule has 0 spiro atoms. The van der Waals surface area contributed by atoms with Crippen LogP contribution in [0.2, 0.25) is 0 Å². The number of para-hydroxylation sites is 1. The number of fused-ring (bicyclic) bond motifs is 1. The Labute approximate surface area is 212 Å². The van der Waals surface area contributed by atoms with E-state index in [1.54, 1.807) is 6.20 Å². The summed E-state index contributed by atoms with van der Waals surface area (Å²) in [5.41, 5.74) is 7.65. The van der Waals surface area contributed by atoms with Crippen LogP contribution in [0.4, 0.5) is 0 Å². The number of carboxylic acid groups (broad SMARTS) is 2. The van der Waals surface area contributed by atoms with Crippen molar-refractivity contribution >= 4 is 40.6 Å². The molecule has 8 N–H and O–H groups in total. The molecule has 200 valence electrons. The van der Waals surface area contributed by atoms with Crippen LogP contribution in [0.1, 0.15) is 31.7 Å². The van der Waals surface area contributed by atoms with Gasteiger partial charge in [-0.05, 0) is 37.8 Å². The van der Waals surface area contributed by atoms with Gasteiger partial charge in [-0.25, -0.2) is 4.79 Å². The van der Waals surface area contributed by atoms with Gasteiger partial charge in [-0.15, -0.1) is 0 Å². The Morgan fingerprint density at radius 1 is 1.14 bits per heavy atom. The SMILES string of the molecule is CC(O)C(NC(=O)C(CC(=O)O)NC(=O)C(N)Cc1c[nH]c2ccccc12)C(=O)N1CCCC1C(=O)O. The molecule has 3 rings (SSSR count). The monoisotopic (exact) mass is 517 g/mol. The maximum atomic E-state index is 13.0. The van der Waals surface area contributed by atoms with Crippen LogP contribution in [-0.4, -0.2) is 91.7 Å². The number of amides is 3. The highest BCUT2D eigenvalue weighted by molar-refractivity contribution is 5.96. The Balaban J connectivity index is 1.70. The van der Waals surface area contributed by atoms with Crippen LogP contribution in [0.3, 0.4) is 0 Å². The Hall–Kier alpha value is -3.97. The lowest BCUT2D eigenvalue weighted by molar-refractivity contribution is -0.151. The van der Waals surface area contributed by atoms with Gasteiger partial charge < -0.3 is 41.6 Å². The minimum atomic E-state index is -1.60. The molecule has 37 heavy (non-hydrogen) atoms. The molecule has 0 aliphatic carbocycles. The van der Waals surface area contributed by atoms with Crippen LogP contribution in [0.25, 0.3) is 10.9 Å². The topological polar surface area (TPSA) is 215 Å². The van der Waals surface area contributed by atoms with Crippen molar-refractivity contribution in [3.8, 4) is 0 Å². The van der Waals surface area contributed by atoms with E-state index < -0.39 is 66.4 Å². The first-order valence-corrected chi connectivity index (χ1v) is 11.8. The third kappa shape index (κ3) is 6.62. The summed E-state index contributed by atoms with van der Waals surface area (Å²) >= 11 is 0. The fourth-order valence-corrected chi connectivity index (χ4v) is 4.40. The number of nitrogens with one attached hydrogen (secondary N) is 3. The van der Waals surface area contributed by atoms with Crippen LogP contribution in [0.15, 0.2) is 30.5 Å². The van der Waals surface area contributed by atoms with Crippen LogP contribution in [0, 0.1) is 0 Å². The van der Waals surface area contributed by atoms with E-state index in [1.165, 1.54) is 6.92 Å². The molecule has 1 saturated heterocycles. The maximum absolute atomic E-state index is 13.0. The number of rotatable bonds is 11. The van der Waals surface area contributed by atoms with Crippen LogP contribution in [0.5, 0.6) is 0 Å². The summed E-state index contributed by atoms with van der Waals surface area (Å²) < 4.78 is 0. The molecule has 5 unspecified atom stereocenters. The molecule has 2 aromatic rings. The van der Waals surface area contributed by atoms with Crippen LogP contribution >= 0.6 is 0 Å². The predicted octanol–water partition coefficient (Wildman–Crippen LogP) is -1.06. The molecule has 5 atom stereocenters. The third-order valence-corrected chi connectivity index (χ3v) is 6.33. The normalized spacial score (nSPS) is 18.6. The Morgan fingerprint density at radius 3 is 2.49 bits per heavy atom. The van der Waals surface area contributed by atoms with E-state index in [9.17, 15) is 39.3 Å². The molecule has 1 aromatic heterocycles. The average molecular weight is 518 g/mol. The van der Waals surface area contributed by atoms with E-state index in [0.29, 0.717) is 6.42 Å². The number of nitrogens with zero attached hydrogens (tertiary/aromatic N) is 1. The minimum absolute atomic E-state index is 0.109. The Kier molecular flexibility index (Phi) is 8.84. The summed E-state index contributed by atoms with van der Waals surface area (Å²) in [5.74, 6) is -5.22. The number of aromatic nitrogens is 1.